The average molecular weight is 506 g/mol. The Kier molecular flexibility index (Phi) is 8.40. The molecule has 33 heavy (non-hydrogen) atoms. The van der Waals surface area contributed by atoms with Crippen LogP contribution < -0.4 is 10.6 Å². The maximum Gasteiger partial charge on any atom is 0.251 e. The molecule has 0 aliphatic rings. The number of nitrogens with one attached hydrogen (secondary N) is 2. The molecule has 0 saturated carbocycles. The zero-order chi connectivity index (χ0) is 24.1. The Hall–Kier alpha value is -2.55. The smallest absolute Gasteiger partial charge is 0.251 e. The second-order valence-electron chi connectivity index (χ2n) is 7.93. The lowest BCUT2D eigenvalue weighted by atomic mass is 10.0. The van der Waals surface area contributed by atoms with E-state index in [1.165, 1.54) is 11.8 Å². The quantitative estimate of drug-likeness (QED) is 0.406. The third-order valence-electron chi connectivity index (χ3n) is 4.92. The summed E-state index contributed by atoms with van der Waals surface area (Å²) in [6.45, 7) is 5.95. The monoisotopic (exact) mass is 505 g/mol. The second kappa shape index (κ2) is 11.0. The minimum Gasteiger partial charge on any atom is -0.342 e. The molecule has 0 saturated heterocycles. The highest BCUT2D eigenvalue weighted by Gasteiger charge is 2.25. The van der Waals surface area contributed by atoms with Gasteiger partial charge in [-0.1, -0.05) is 66.5 Å². The van der Waals surface area contributed by atoms with Crippen molar-refractivity contribution in [3.8, 4) is 0 Å². The maximum absolute atomic E-state index is 12.8. The van der Waals surface area contributed by atoms with Crippen LogP contribution in [0.1, 0.15) is 41.6 Å². The molecule has 1 atom stereocenters. The molecule has 1 heterocycles. The van der Waals surface area contributed by atoms with Gasteiger partial charge in [0.05, 0.1) is 22.5 Å². The number of halogens is 2. The number of thioether (sulfide) groups is 1. The Morgan fingerprint density at radius 2 is 1.88 bits per heavy atom. The van der Waals surface area contributed by atoms with Crippen LogP contribution >= 0.6 is 35.0 Å². The molecule has 0 aliphatic carbocycles. The fraction of sp³-hybridized carbons (Fsp3) is 0.304. The topological polar surface area (TPSA) is 88.9 Å². The molecule has 0 spiro atoms. The third-order valence-corrected chi connectivity index (χ3v) is 6.50. The van der Waals surface area contributed by atoms with E-state index in [1.54, 1.807) is 28.8 Å². The minimum absolute atomic E-state index is 0.0766. The number of benzene rings is 2. The maximum atomic E-state index is 12.8. The van der Waals surface area contributed by atoms with Gasteiger partial charge in [-0.05, 0) is 43.2 Å². The van der Waals surface area contributed by atoms with Crippen molar-refractivity contribution < 1.29 is 9.59 Å². The van der Waals surface area contributed by atoms with Gasteiger partial charge in [-0.3, -0.25) is 9.59 Å². The van der Waals surface area contributed by atoms with Crippen LogP contribution in [-0.2, 0) is 11.8 Å². The Labute approximate surface area is 207 Å². The number of aryl methyl sites for hydroxylation is 1. The molecule has 3 rings (SSSR count). The third kappa shape index (κ3) is 6.50. The number of carbonyl (C=O) groups is 2. The van der Waals surface area contributed by atoms with Crippen molar-refractivity contribution in [2.24, 2.45) is 13.0 Å². The van der Waals surface area contributed by atoms with Gasteiger partial charge in [0.2, 0.25) is 5.91 Å². The van der Waals surface area contributed by atoms with E-state index in [0.717, 1.165) is 5.56 Å². The zero-order valence-electron chi connectivity index (χ0n) is 18.7. The summed E-state index contributed by atoms with van der Waals surface area (Å²) in [6, 6.07) is 11.9. The normalized spacial score (nSPS) is 12.0. The van der Waals surface area contributed by atoms with Gasteiger partial charge >= 0.3 is 0 Å². The largest absolute Gasteiger partial charge is 0.342 e. The molecule has 2 amide bonds. The van der Waals surface area contributed by atoms with Crippen LogP contribution in [-0.4, -0.2) is 32.3 Å². The number of hydrogen-bond acceptors (Lipinski definition) is 5. The first-order valence-corrected chi connectivity index (χ1v) is 12.0. The van der Waals surface area contributed by atoms with Crippen molar-refractivity contribution in [1.82, 2.24) is 20.1 Å². The van der Waals surface area contributed by atoms with E-state index in [-0.39, 0.29) is 29.5 Å². The first kappa shape index (κ1) is 25.1. The molecule has 174 valence electrons. The molecule has 0 bridgehead atoms. The SMILES string of the molecule is Cc1cccc(C(=O)N[C@H](c2nnc(SCC(=O)Nc3cc(Cl)ccc3Cl)n2C)C(C)C)c1. The van der Waals surface area contributed by atoms with Crippen LogP contribution in [0.3, 0.4) is 0 Å². The second-order valence-corrected chi connectivity index (χ2v) is 9.71. The van der Waals surface area contributed by atoms with Gasteiger partial charge in [0.25, 0.3) is 5.91 Å². The highest BCUT2D eigenvalue weighted by atomic mass is 35.5. The summed E-state index contributed by atoms with van der Waals surface area (Å²) in [6.07, 6.45) is 0. The van der Waals surface area contributed by atoms with E-state index in [1.807, 2.05) is 46.0 Å². The van der Waals surface area contributed by atoms with E-state index < -0.39 is 0 Å². The molecular weight excluding hydrogens is 481 g/mol. The number of nitrogens with zero attached hydrogens (tertiary/aromatic N) is 3. The highest BCUT2D eigenvalue weighted by molar-refractivity contribution is 7.99. The lowest BCUT2D eigenvalue weighted by Crippen LogP contribution is -2.33. The summed E-state index contributed by atoms with van der Waals surface area (Å²) in [5, 5.41) is 15.8. The van der Waals surface area contributed by atoms with E-state index in [2.05, 4.69) is 20.8 Å². The van der Waals surface area contributed by atoms with Gasteiger partial charge in [0.1, 0.15) is 0 Å². The number of carbonyl (C=O) groups excluding carboxylic acids is 2. The summed E-state index contributed by atoms with van der Waals surface area (Å²) < 4.78 is 1.80. The molecule has 0 unspecified atom stereocenters. The molecule has 0 radical (unpaired) electrons. The fourth-order valence-electron chi connectivity index (χ4n) is 3.17. The van der Waals surface area contributed by atoms with E-state index in [9.17, 15) is 9.59 Å². The van der Waals surface area contributed by atoms with Crippen molar-refractivity contribution >= 4 is 52.5 Å². The number of rotatable bonds is 8. The minimum atomic E-state index is -0.344. The lowest BCUT2D eigenvalue weighted by Gasteiger charge is -2.21. The van der Waals surface area contributed by atoms with Crippen molar-refractivity contribution in [1.29, 1.82) is 0 Å². The van der Waals surface area contributed by atoms with E-state index >= 15 is 0 Å². The van der Waals surface area contributed by atoms with Crippen LogP contribution in [0, 0.1) is 12.8 Å². The Balaban J connectivity index is 1.68. The van der Waals surface area contributed by atoms with Crippen molar-refractivity contribution in [3.05, 3.63) is 69.5 Å². The molecule has 10 heteroatoms. The van der Waals surface area contributed by atoms with Gasteiger partial charge in [-0.15, -0.1) is 10.2 Å². The molecule has 0 aliphatic heterocycles. The molecular formula is C23H25Cl2N5O2S. The summed E-state index contributed by atoms with van der Waals surface area (Å²) >= 11 is 13.3. The predicted octanol–water partition coefficient (Wildman–Crippen LogP) is 5.29. The first-order chi connectivity index (χ1) is 15.7. The van der Waals surface area contributed by atoms with Crippen molar-refractivity contribution in [3.63, 3.8) is 0 Å². The van der Waals surface area contributed by atoms with Crippen LogP contribution in [0.4, 0.5) is 5.69 Å². The molecule has 0 fully saturated rings. The van der Waals surface area contributed by atoms with Gasteiger partial charge in [0.15, 0.2) is 11.0 Å². The van der Waals surface area contributed by atoms with Gasteiger partial charge < -0.3 is 15.2 Å². The molecule has 1 aromatic heterocycles. The molecule has 2 N–H and O–H groups in total. The Morgan fingerprint density at radius 3 is 2.58 bits per heavy atom. The molecule has 7 nitrogen and oxygen atoms in total. The number of aromatic nitrogens is 3. The highest BCUT2D eigenvalue weighted by Crippen LogP contribution is 2.27. The van der Waals surface area contributed by atoms with E-state index in [4.69, 9.17) is 23.2 Å². The summed E-state index contributed by atoms with van der Waals surface area (Å²) in [7, 11) is 1.82. The van der Waals surface area contributed by atoms with Crippen molar-refractivity contribution in [2.45, 2.75) is 32.0 Å². The fourth-order valence-corrected chi connectivity index (χ4v) is 4.23. The lowest BCUT2D eigenvalue weighted by molar-refractivity contribution is -0.113. The Bertz CT molecular complexity index is 1170. The zero-order valence-corrected chi connectivity index (χ0v) is 21.1. The number of hydrogen-bond donors (Lipinski definition) is 2. The molecule has 2 aromatic carbocycles. The average Bonchev–Trinajstić information content (AvgIpc) is 3.12. The molecule has 3 aromatic rings. The summed E-state index contributed by atoms with van der Waals surface area (Å²) in [4.78, 5) is 25.2. The predicted molar refractivity (Wildman–Crippen MR) is 133 cm³/mol. The van der Waals surface area contributed by atoms with Gasteiger partial charge in [-0.2, -0.15) is 0 Å². The summed E-state index contributed by atoms with van der Waals surface area (Å²) in [5.74, 6) is 0.380. The number of anilines is 1. The van der Waals surface area contributed by atoms with Crippen LogP contribution in [0.15, 0.2) is 47.6 Å². The van der Waals surface area contributed by atoms with Gasteiger partial charge in [-0.25, -0.2) is 0 Å². The van der Waals surface area contributed by atoms with Gasteiger partial charge in [0, 0.05) is 17.6 Å². The number of amides is 2. The Morgan fingerprint density at radius 1 is 1.12 bits per heavy atom. The standard InChI is InChI=1S/C23H25Cl2N5O2S/c1-13(2)20(27-22(32)15-7-5-6-14(3)10-15)21-28-29-23(30(21)4)33-12-19(31)26-18-11-16(24)8-9-17(18)25/h5-11,13,20H,12H2,1-4H3,(H,26,31)(H,27,32)/t20-/m0/s1. The van der Waals surface area contributed by atoms with Crippen LogP contribution in [0.2, 0.25) is 10.0 Å². The summed E-state index contributed by atoms with van der Waals surface area (Å²) in [5.41, 5.74) is 2.05. The van der Waals surface area contributed by atoms with E-state index in [0.29, 0.717) is 32.3 Å². The van der Waals surface area contributed by atoms with Crippen molar-refractivity contribution in [2.75, 3.05) is 11.1 Å². The van der Waals surface area contributed by atoms with Crippen LogP contribution in [0.5, 0.6) is 0 Å². The van der Waals surface area contributed by atoms with Crippen LogP contribution in [0.25, 0.3) is 0 Å². The first-order valence-electron chi connectivity index (χ1n) is 10.3.